The number of pyridine rings is 1. The molecule has 0 spiro atoms. The van der Waals surface area contributed by atoms with Gasteiger partial charge in [-0.2, -0.15) is 0 Å². The molecule has 0 radical (unpaired) electrons. The van der Waals surface area contributed by atoms with Gasteiger partial charge in [-0.25, -0.2) is 4.98 Å². The maximum absolute atomic E-state index is 12.5. The lowest BCUT2D eigenvalue weighted by Crippen LogP contribution is -2.29. The zero-order chi connectivity index (χ0) is 20.5. The molecule has 2 aromatic rings. The smallest absolute Gasteiger partial charge is 0.293 e. The summed E-state index contributed by atoms with van der Waals surface area (Å²) < 4.78 is 2.08. The van der Waals surface area contributed by atoms with Crippen molar-refractivity contribution >= 4 is 40.3 Å². The summed E-state index contributed by atoms with van der Waals surface area (Å²) >= 11 is 2.87. The van der Waals surface area contributed by atoms with Crippen LogP contribution in [-0.2, 0) is 4.79 Å². The predicted octanol–water partition coefficient (Wildman–Crippen LogP) is 6.15. The number of imide groups is 1. The summed E-state index contributed by atoms with van der Waals surface area (Å²) in [6.07, 6.45) is 14.4. The van der Waals surface area contributed by atoms with Crippen LogP contribution in [0.1, 0.15) is 58.3 Å². The highest BCUT2D eigenvalue weighted by Gasteiger charge is 2.34. The van der Waals surface area contributed by atoms with Gasteiger partial charge >= 0.3 is 0 Å². The molecule has 1 fully saturated rings. The van der Waals surface area contributed by atoms with Crippen LogP contribution in [0, 0.1) is 0 Å². The van der Waals surface area contributed by atoms with Crippen LogP contribution in [0.25, 0.3) is 5.65 Å². The largest absolute Gasteiger partial charge is 0.294 e. The number of allylic oxidation sites excluding steroid dienone is 1. The number of nitrogens with zero attached hydrogens (tertiary/aromatic N) is 3. The number of carbonyl (C=O) groups is 2. The molecule has 1 saturated heterocycles. The van der Waals surface area contributed by atoms with Crippen LogP contribution in [0.3, 0.4) is 0 Å². The fraction of sp³-hybridized carbons (Fsp3) is 0.500. The van der Waals surface area contributed by atoms with E-state index in [4.69, 9.17) is 0 Å². The molecule has 156 valence electrons. The van der Waals surface area contributed by atoms with E-state index >= 15 is 0 Å². The van der Waals surface area contributed by atoms with Gasteiger partial charge in [0.05, 0.1) is 9.93 Å². The number of imidazole rings is 1. The van der Waals surface area contributed by atoms with Crippen molar-refractivity contribution in [1.82, 2.24) is 14.3 Å². The van der Waals surface area contributed by atoms with Gasteiger partial charge in [-0.15, -0.1) is 11.8 Å². The van der Waals surface area contributed by atoms with Gasteiger partial charge in [-0.3, -0.25) is 18.9 Å². The Balaban J connectivity index is 1.37. The highest BCUT2D eigenvalue weighted by atomic mass is 32.2. The maximum atomic E-state index is 12.5. The summed E-state index contributed by atoms with van der Waals surface area (Å²) in [6, 6.07) is 6.09. The van der Waals surface area contributed by atoms with Gasteiger partial charge in [0.2, 0.25) is 0 Å². The molecule has 0 saturated carbocycles. The summed E-state index contributed by atoms with van der Waals surface area (Å²) in [7, 11) is 0. The first-order valence-electron chi connectivity index (χ1n) is 10.5. The van der Waals surface area contributed by atoms with Crippen molar-refractivity contribution in [2.24, 2.45) is 0 Å². The van der Waals surface area contributed by atoms with Gasteiger partial charge in [0.15, 0.2) is 0 Å². The first-order chi connectivity index (χ1) is 14.2. The molecule has 7 heteroatoms. The van der Waals surface area contributed by atoms with Gasteiger partial charge in [0.1, 0.15) is 5.65 Å². The molecule has 0 aliphatic carbocycles. The number of aromatic nitrogens is 2. The number of rotatable bonds is 12. The molecule has 3 heterocycles. The predicted molar refractivity (Wildman–Crippen MR) is 121 cm³/mol. The van der Waals surface area contributed by atoms with Crippen LogP contribution in [0.4, 0.5) is 4.79 Å². The molecule has 0 atom stereocenters. The van der Waals surface area contributed by atoms with Crippen molar-refractivity contribution in [1.29, 1.82) is 0 Å². The SMILES string of the molecule is CCCCCCC/C=C1/SC(=O)N(CCCCSc2cccc3nccn23)C1=O. The zero-order valence-electron chi connectivity index (χ0n) is 17.0. The highest BCUT2D eigenvalue weighted by Crippen LogP contribution is 2.31. The van der Waals surface area contributed by atoms with E-state index in [0.29, 0.717) is 11.4 Å². The first kappa shape index (κ1) is 22.0. The fourth-order valence-electron chi connectivity index (χ4n) is 3.30. The lowest BCUT2D eigenvalue weighted by atomic mass is 10.1. The van der Waals surface area contributed by atoms with Gasteiger partial charge in [-0.05, 0) is 55.3 Å². The van der Waals surface area contributed by atoms with Crippen molar-refractivity contribution in [3.8, 4) is 0 Å². The monoisotopic (exact) mass is 431 g/mol. The molecular formula is C22H29N3O2S2. The van der Waals surface area contributed by atoms with E-state index in [1.54, 1.807) is 18.0 Å². The highest BCUT2D eigenvalue weighted by molar-refractivity contribution is 8.18. The van der Waals surface area contributed by atoms with Gasteiger partial charge in [0.25, 0.3) is 11.1 Å². The number of hydrogen-bond acceptors (Lipinski definition) is 5. The third-order valence-electron chi connectivity index (χ3n) is 4.93. The standard InChI is InChI=1S/C22H29N3O2S2/c1-2-3-4-5-6-7-11-18-21(26)25(22(27)29-18)15-8-9-17-28-20-13-10-12-19-23-14-16-24(19)20/h10-14,16H,2-9,15,17H2,1H3/b18-11+. The minimum atomic E-state index is -0.122. The Kier molecular flexibility index (Phi) is 8.68. The summed E-state index contributed by atoms with van der Waals surface area (Å²) in [5.41, 5.74) is 0.949. The van der Waals surface area contributed by atoms with Gasteiger partial charge in [0, 0.05) is 18.9 Å². The molecule has 2 amide bonds. The Labute approximate surface area is 181 Å². The minimum absolute atomic E-state index is 0.107. The second kappa shape index (κ2) is 11.5. The van der Waals surface area contributed by atoms with E-state index in [2.05, 4.69) is 22.4 Å². The molecule has 0 N–H and O–H groups in total. The van der Waals surface area contributed by atoms with E-state index in [-0.39, 0.29) is 11.1 Å². The third-order valence-corrected chi connectivity index (χ3v) is 7.01. The van der Waals surface area contributed by atoms with E-state index in [1.165, 1.54) is 30.6 Å². The normalized spacial score (nSPS) is 15.9. The Hall–Kier alpha value is -1.73. The Bertz CT molecular complexity index is 863. The quantitative estimate of drug-likeness (QED) is 0.229. The number of hydrogen-bond donors (Lipinski definition) is 0. The Morgan fingerprint density at radius 3 is 2.83 bits per heavy atom. The van der Waals surface area contributed by atoms with Crippen molar-refractivity contribution in [3.63, 3.8) is 0 Å². The third kappa shape index (κ3) is 6.12. The molecule has 29 heavy (non-hydrogen) atoms. The summed E-state index contributed by atoms with van der Waals surface area (Å²) in [5, 5.41) is 1.04. The van der Waals surface area contributed by atoms with Gasteiger partial charge in [-0.1, -0.05) is 44.7 Å². The number of thioether (sulfide) groups is 2. The molecule has 1 aliphatic rings. The molecule has 1 aliphatic heterocycles. The van der Waals surface area contributed by atoms with Crippen molar-refractivity contribution in [2.75, 3.05) is 12.3 Å². The van der Waals surface area contributed by atoms with Crippen molar-refractivity contribution in [3.05, 3.63) is 41.6 Å². The first-order valence-corrected chi connectivity index (χ1v) is 12.3. The molecule has 5 nitrogen and oxygen atoms in total. The van der Waals surface area contributed by atoms with Crippen LogP contribution in [0.5, 0.6) is 0 Å². The number of unbranched alkanes of at least 4 members (excludes halogenated alkanes) is 6. The fourth-order valence-corrected chi connectivity index (χ4v) is 5.20. The second-order valence-electron chi connectivity index (χ2n) is 7.17. The molecule has 0 aromatic carbocycles. The summed E-state index contributed by atoms with van der Waals surface area (Å²) in [5.74, 6) is 0.839. The van der Waals surface area contributed by atoms with Crippen molar-refractivity contribution in [2.45, 2.75) is 63.3 Å². The van der Waals surface area contributed by atoms with Crippen LogP contribution in [0.15, 0.2) is 46.6 Å². The topological polar surface area (TPSA) is 54.7 Å². The molecule has 0 unspecified atom stereocenters. The lowest BCUT2D eigenvalue weighted by molar-refractivity contribution is -0.122. The second-order valence-corrected chi connectivity index (χ2v) is 9.28. The van der Waals surface area contributed by atoms with E-state index in [0.717, 1.165) is 53.9 Å². The Morgan fingerprint density at radius 2 is 1.97 bits per heavy atom. The summed E-state index contributed by atoms with van der Waals surface area (Å²) in [4.78, 5) is 31.0. The zero-order valence-corrected chi connectivity index (χ0v) is 18.6. The lowest BCUT2D eigenvalue weighted by Gasteiger charge is -2.12. The number of fused-ring (bicyclic) bond motifs is 1. The van der Waals surface area contributed by atoms with Crippen LogP contribution in [0.2, 0.25) is 0 Å². The average Bonchev–Trinajstić information content (AvgIpc) is 3.30. The molecule has 0 bridgehead atoms. The molecule has 3 rings (SSSR count). The van der Waals surface area contributed by atoms with E-state index in [9.17, 15) is 9.59 Å². The average molecular weight is 432 g/mol. The van der Waals surface area contributed by atoms with Gasteiger partial charge < -0.3 is 0 Å². The van der Waals surface area contributed by atoms with E-state index < -0.39 is 0 Å². The van der Waals surface area contributed by atoms with E-state index in [1.807, 2.05) is 24.4 Å². The summed E-state index contributed by atoms with van der Waals surface area (Å²) in [6.45, 7) is 2.71. The van der Waals surface area contributed by atoms with Crippen LogP contribution < -0.4 is 0 Å². The molecular weight excluding hydrogens is 402 g/mol. The minimum Gasteiger partial charge on any atom is -0.294 e. The number of amides is 2. The molecule has 2 aromatic heterocycles. The number of carbonyl (C=O) groups excluding carboxylic acids is 2. The van der Waals surface area contributed by atoms with Crippen molar-refractivity contribution < 1.29 is 9.59 Å². The van der Waals surface area contributed by atoms with Crippen LogP contribution >= 0.6 is 23.5 Å². The Morgan fingerprint density at radius 1 is 1.10 bits per heavy atom. The maximum Gasteiger partial charge on any atom is 0.293 e. The van der Waals surface area contributed by atoms with Crippen LogP contribution in [-0.4, -0.2) is 37.7 Å².